The summed E-state index contributed by atoms with van der Waals surface area (Å²) >= 11 is 8.82. The van der Waals surface area contributed by atoms with Crippen molar-refractivity contribution in [1.82, 2.24) is 0 Å². The molecule has 1 aliphatic heterocycles. The van der Waals surface area contributed by atoms with E-state index in [4.69, 9.17) is 0 Å². The highest BCUT2D eigenvalue weighted by Crippen LogP contribution is 2.37. The van der Waals surface area contributed by atoms with Crippen molar-refractivity contribution >= 4 is 47.0 Å². The molecule has 0 amide bonds. The Morgan fingerprint density at radius 3 is 0.972 bits per heavy atom. The lowest BCUT2D eigenvalue weighted by atomic mass is 9.83. The molecule has 2 saturated carbocycles. The lowest BCUT2D eigenvalue weighted by molar-refractivity contribution is 0.309. The second-order valence-electron chi connectivity index (χ2n) is 11.4. The summed E-state index contributed by atoms with van der Waals surface area (Å²) in [6, 6.07) is 18.6. The quantitative estimate of drug-likeness (QED) is 0.316. The first kappa shape index (κ1) is 27.4. The first-order valence-corrected chi connectivity index (χ1v) is 18.9. The van der Waals surface area contributed by atoms with Crippen LogP contribution in [-0.2, 0) is 23.0 Å². The van der Waals surface area contributed by atoms with Gasteiger partial charge in [0.2, 0.25) is 0 Å². The fourth-order valence-corrected chi connectivity index (χ4v) is 11.5. The topological polar surface area (TPSA) is 0 Å². The van der Waals surface area contributed by atoms with E-state index < -0.39 is 0 Å². The van der Waals surface area contributed by atoms with E-state index in [0.717, 1.165) is 23.7 Å². The van der Waals surface area contributed by atoms with E-state index in [-0.39, 0.29) is 0 Å². The number of thioether (sulfide) groups is 4. The maximum Gasteiger partial charge on any atom is 0.0187 e. The van der Waals surface area contributed by atoms with Crippen LogP contribution < -0.4 is 0 Å². The Labute approximate surface area is 237 Å². The first-order chi connectivity index (χ1) is 17.8. The van der Waals surface area contributed by atoms with Crippen molar-refractivity contribution in [3.63, 3.8) is 0 Å². The summed E-state index contributed by atoms with van der Waals surface area (Å²) in [6.45, 7) is 0. The normalized spacial score (nSPS) is 29.1. The third-order valence-corrected chi connectivity index (χ3v) is 13.4. The fraction of sp³-hybridized carbons (Fsp3) is 0.625. The van der Waals surface area contributed by atoms with E-state index in [1.807, 2.05) is 0 Å². The van der Waals surface area contributed by atoms with Crippen LogP contribution in [0.4, 0.5) is 0 Å². The maximum absolute atomic E-state index is 2.40. The van der Waals surface area contributed by atoms with Crippen molar-refractivity contribution in [3.05, 3.63) is 70.8 Å². The van der Waals surface area contributed by atoms with Gasteiger partial charge in [0.25, 0.3) is 0 Å². The maximum atomic E-state index is 2.40. The van der Waals surface area contributed by atoms with E-state index in [0.29, 0.717) is 0 Å². The van der Waals surface area contributed by atoms with Crippen LogP contribution in [0.2, 0.25) is 0 Å². The summed E-state index contributed by atoms with van der Waals surface area (Å²) < 4.78 is 0. The first-order valence-electron chi connectivity index (χ1n) is 14.3. The highest BCUT2D eigenvalue weighted by molar-refractivity contribution is 7.99. The van der Waals surface area contributed by atoms with Crippen LogP contribution in [0.3, 0.4) is 0 Å². The Bertz CT molecular complexity index is 782. The molecule has 0 nitrogen and oxygen atoms in total. The predicted molar refractivity (Wildman–Crippen MR) is 168 cm³/mol. The van der Waals surface area contributed by atoms with Crippen molar-refractivity contribution in [1.29, 1.82) is 0 Å². The molecule has 4 heteroatoms. The predicted octanol–water partition coefficient (Wildman–Crippen LogP) is 9.95. The van der Waals surface area contributed by atoms with Crippen LogP contribution in [0.5, 0.6) is 0 Å². The van der Waals surface area contributed by atoms with Crippen molar-refractivity contribution in [2.45, 2.75) is 74.4 Å². The van der Waals surface area contributed by atoms with Crippen LogP contribution in [0, 0.1) is 23.7 Å². The summed E-state index contributed by atoms with van der Waals surface area (Å²) in [6.07, 6.45) is 11.6. The highest BCUT2D eigenvalue weighted by Gasteiger charge is 2.24. The number of fused-ring (bicyclic) bond motifs is 6. The Kier molecular flexibility index (Phi) is 11.3. The molecule has 0 radical (unpaired) electrons. The molecule has 196 valence electrons. The second-order valence-corrected chi connectivity index (χ2v) is 15.5. The fourth-order valence-electron chi connectivity index (χ4n) is 6.43. The van der Waals surface area contributed by atoms with Crippen LogP contribution in [0.1, 0.15) is 73.6 Å². The van der Waals surface area contributed by atoms with Gasteiger partial charge in [-0.2, -0.15) is 47.0 Å². The van der Waals surface area contributed by atoms with Gasteiger partial charge in [0, 0.05) is 23.0 Å². The summed E-state index contributed by atoms with van der Waals surface area (Å²) in [5, 5.41) is 0. The molecule has 2 aromatic rings. The number of benzene rings is 2. The van der Waals surface area contributed by atoms with E-state index in [2.05, 4.69) is 95.6 Å². The zero-order valence-corrected chi connectivity index (χ0v) is 25.1. The molecule has 2 aliphatic carbocycles. The molecule has 1 heterocycles. The molecule has 0 unspecified atom stereocenters. The van der Waals surface area contributed by atoms with Crippen molar-refractivity contribution in [2.24, 2.45) is 23.7 Å². The van der Waals surface area contributed by atoms with E-state index >= 15 is 0 Å². The van der Waals surface area contributed by atoms with E-state index in [9.17, 15) is 0 Å². The molecule has 0 aromatic heterocycles. The number of rotatable bonds is 0. The van der Waals surface area contributed by atoms with Crippen molar-refractivity contribution in [3.8, 4) is 0 Å². The second kappa shape index (κ2) is 14.8. The number of hydrogen-bond acceptors (Lipinski definition) is 4. The van der Waals surface area contributed by atoms with Gasteiger partial charge in [-0.1, -0.05) is 61.4 Å². The Hall–Kier alpha value is -0.160. The SMILES string of the molecule is c1ccc2c(c1)CSC[C@H]1CCC[C@@H](CSCc3ccccc3CSC[C@H]3CCC[C@@H](CSC2)C3)C1. The zero-order chi connectivity index (χ0) is 24.4. The monoisotopic (exact) mass is 556 g/mol. The smallest absolute Gasteiger partial charge is 0.0187 e. The molecule has 4 bridgehead atoms. The van der Waals surface area contributed by atoms with Gasteiger partial charge in [-0.05, 0) is 107 Å². The van der Waals surface area contributed by atoms with Gasteiger partial charge >= 0.3 is 0 Å². The molecular formula is C32H44S4. The van der Waals surface area contributed by atoms with Gasteiger partial charge in [-0.3, -0.25) is 0 Å². The largest absolute Gasteiger partial charge is 0.157 e. The Balaban J connectivity index is 1.24. The molecule has 5 rings (SSSR count). The molecule has 2 aromatic carbocycles. The molecule has 2 fully saturated rings. The zero-order valence-electron chi connectivity index (χ0n) is 21.9. The molecule has 3 aliphatic rings. The minimum absolute atomic E-state index is 0.927. The van der Waals surface area contributed by atoms with Gasteiger partial charge in [-0.25, -0.2) is 0 Å². The minimum atomic E-state index is 0.927. The van der Waals surface area contributed by atoms with Crippen LogP contribution in [0.15, 0.2) is 48.5 Å². The summed E-state index contributed by atoms with van der Waals surface area (Å²) in [5.41, 5.74) is 6.38. The highest BCUT2D eigenvalue weighted by atomic mass is 32.2. The van der Waals surface area contributed by atoms with Crippen LogP contribution in [0.25, 0.3) is 0 Å². The summed E-state index contributed by atoms with van der Waals surface area (Å²) in [4.78, 5) is 0. The third kappa shape index (κ3) is 8.42. The van der Waals surface area contributed by atoms with Gasteiger partial charge in [0.1, 0.15) is 0 Å². The standard InChI is InChI=1S/C32H44S4/c1-2-12-30-22-34-18-26-8-6-10-28(16-26)20-36-24-32-14-4-3-13-31(32)23-35-19-27-9-5-7-25(15-27)17-33-21-29(30)11-1/h1-4,11-14,25-28H,5-10,15-24H2/t25-,26+,27+,28-. The van der Waals surface area contributed by atoms with Gasteiger partial charge in [-0.15, -0.1) is 0 Å². The van der Waals surface area contributed by atoms with E-state index in [1.165, 1.54) is 97.4 Å². The van der Waals surface area contributed by atoms with Crippen LogP contribution >= 0.6 is 47.0 Å². The van der Waals surface area contributed by atoms with E-state index in [1.54, 1.807) is 22.3 Å². The van der Waals surface area contributed by atoms with Crippen LogP contribution in [-0.4, -0.2) is 23.0 Å². The third-order valence-electron chi connectivity index (χ3n) is 8.46. The van der Waals surface area contributed by atoms with Crippen molar-refractivity contribution < 1.29 is 0 Å². The van der Waals surface area contributed by atoms with Crippen molar-refractivity contribution in [2.75, 3.05) is 23.0 Å². The number of hydrogen-bond donors (Lipinski definition) is 0. The summed E-state index contributed by atoms with van der Waals surface area (Å²) in [7, 11) is 0. The molecule has 4 atom stereocenters. The van der Waals surface area contributed by atoms with Gasteiger partial charge < -0.3 is 0 Å². The molecular weight excluding hydrogens is 513 g/mol. The lowest BCUT2D eigenvalue weighted by Gasteiger charge is -2.29. The lowest BCUT2D eigenvalue weighted by Crippen LogP contribution is -2.19. The average molecular weight is 557 g/mol. The summed E-state index contributed by atoms with van der Waals surface area (Å²) in [5.74, 6) is 13.9. The van der Waals surface area contributed by atoms with Gasteiger partial charge in [0.15, 0.2) is 0 Å². The molecule has 0 N–H and O–H groups in total. The molecule has 36 heavy (non-hydrogen) atoms. The molecule has 0 saturated heterocycles. The minimum Gasteiger partial charge on any atom is -0.157 e. The Morgan fingerprint density at radius 2 is 0.694 bits per heavy atom. The molecule has 0 spiro atoms. The van der Waals surface area contributed by atoms with Gasteiger partial charge in [0.05, 0.1) is 0 Å². The average Bonchev–Trinajstić information content (AvgIpc) is 2.91. The Morgan fingerprint density at radius 1 is 0.417 bits per heavy atom.